The molecule has 2 aromatic heterocycles. The second-order valence-electron chi connectivity index (χ2n) is 16.4. The molecule has 6 atom stereocenters. The summed E-state index contributed by atoms with van der Waals surface area (Å²) >= 11 is 0. The van der Waals surface area contributed by atoms with E-state index in [1.54, 1.807) is 18.3 Å². The summed E-state index contributed by atoms with van der Waals surface area (Å²) in [6, 6.07) is 25.6. The molecule has 4 aliphatic rings. The second-order valence-corrected chi connectivity index (χ2v) is 16.4. The third-order valence-electron chi connectivity index (χ3n) is 11.7. The average molecular weight is 709 g/mol. The third-order valence-corrected chi connectivity index (χ3v) is 11.7. The first-order valence-electron chi connectivity index (χ1n) is 18.7. The number of piperidine rings is 2. The van der Waals surface area contributed by atoms with E-state index in [0.717, 1.165) is 70.0 Å². The van der Waals surface area contributed by atoms with Crippen LogP contribution < -0.4 is 0 Å². The standard InChI is InChI=1S/C43H41FN6O3/c1-43(2,3)53-42(52)50-35-18-28(35)20-37(50)40-45-21-33(47-40)30-13-10-25(16-31(30)44)24-9-12-29-26(15-24)11-14-32-39(29)48-41(46-32)36-19-27-17-34(27)49(36)22-38(51)23-7-5-4-6-8-23/h4-16,21,27-28,34-37H,17-20,22H2,1-3H3,(H,45,47)(H,46,48)/t27-,28-,34-,35-,36+,37+/m1/s1. The number of hydrogen-bond acceptors (Lipinski definition) is 6. The van der Waals surface area contributed by atoms with Crippen molar-refractivity contribution in [1.29, 1.82) is 0 Å². The molecular weight excluding hydrogens is 668 g/mol. The van der Waals surface area contributed by atoms with Crippen molar-refractivity contribution in [1.82, 2.24) is 29.7 Å². The van der Waals surface area contributed by atoms with E-state index in [4.69, 9.17) is 9.72 Å². The zero-order valence-electron chi connectivity index (χ0n) is 30.0. The SMILES string of the molecule is CC(C)(C)OC(=O)N1[C@@H]2C[C@@H]2C[C@H]1c1ncc(-c2ccc(-c3ccc4c(ccc5[nH]c([C@@H]6C[C@H]7C[C@H]7N6CC(=O)c6ccccc6)nc54)c3)cc2F)[nH]1. The van der Waals surface area contributed by atoms with Crippen molar-refractivity contribution in [2.45, 2.75) is 76.2 Å². The first-order valence-corrected chi connectivity index (χ1v) is 18.7. The zero-order valence-corrected chi connectivity index (χ0v) is 30.0. The van der Waals surface area contributed by atoms with Crippen LogP contribution in [-0.4, -0.2) is 65.8 Å². The number of H-pyrrole nitrogens is 2. The molecule has 4 aromatic carbocycles. The minimum absolute atomic E-state index is 0.0771. The molecule has 1 amide bonds. The number of rotatable bonds is 7. The van der Waals surface area contributed by atoms with Crippen LogP contribution in [0.5, 0.6) is 0 Å². The molecule has 4 fully saturated rings. The van der Waals surface area contributed by atoms with E-state index in [1.807, 2.05) is 68.1 Å². The monoisotopic (exact) mass is 708 g/mol. The van der Waals surface area contributed by atoms with Crippen LogP contribution in [0.4, 0.5) is 9.18 Å². The highest BCUT2D eigenvalue weighted by atomic mass is 19.1. The van der Waals surface area contributed by atoms with Gasteiger partial charge in [0, 0.05) is 28.6 Å². The number of nitrogens with one attached hydrogen (secondary N) is 2. The summed E-state index contributed by atoms with van der Waals surface area (Å²) in [6.07, 6.45) is 5.28. The Bertz CT molecular complexity index is 2430. The number of aromatic nitrogens is 4. The van der Waals surface area contributed by atoms with Crippen LogP contribution in [0.25, 0.3) is 44.2 Å². The Morgan fingerprint density at radius 2 is 1.60 bits per heavy atom. The van der Waals surface area contributed by atoms with Crippen molar-refractivity contribution in [2.75, 3.05) is 6.54 Å². The predicted molar refractivity (Wildman–Crippen MR) is 201 cm³/mol. The van der Waals surface area contributed by atoms with Crippen LogP contribution >= 0.6 is 0 Å². The van der Waals surface area contributed by atoms with Crippen LogP contribution in [0.2, 0.25) is 0 Å². The Labute approximate surface area is 306 Å². The van der Waals surface area contributed by atoms with Gasteiger partial charge < -0.3 is 14.7 Å². The highest BCUT2D eigenvalue weighted by molar-refractivity contribution is 6.05. The lowest BCUT2D eigenvalue weighted by Crippen LogP contribution is -2.38. The number of hydrogen-bond donors (Lipinski definition) is 2. The number of Topliss-reactive ketones (excluding diaryl/α,β-unsaturated/α-hetero) is 1. The van der Waals surface area contributed by atoms with Crippen molar-refractivity contribution in [2.24, 2.45) is 11.8 Å². The molecule has 9 nitrogen and oxygen atoms in total. The molecule has 53 heavy (non-hydrogen) atoms. The van der Waals surface area contributed by atoms with E-state index < -0.39 is 5.60 Å². The van der Waals surface area contributed by atoms with Crippen LogP contribution in [0.3, 0.4) is 0 Å². The summed E-state index contributed by atoms with van der Waals surface area (Å²) in [7, 11) is 0. The summed E-state index contributed by atoms with van der Waals surface area (Å²) in [5, 5.41) is 2.04. The number of aromatic amines is 2. The van der Waals surface area contributed by atoms with Gasteiger partial charge in [-0.1, -0.05) is 54.6 Å². The first-order chi connectivity index (χ1) is 25.6. The Morgan fingerprint density at radius 1 is 0.849 bits per heavy atom. The fourth-order valence-corrected chi connectivity index (χ4v) is 8.91. The van der Waals surface area contributed by atoms with Gasteiger partial charge in [0.2, 0.25) is 0 Å². The zero-order chi connectivity index (χ0) is 36.2. The number of likely N-dealkylation sites (tertiary alicyclic amines) is 2. The van der Waals surface area contributed by atoms with Gasteiger partial charge in [0.05, 0.1) is 41.6 Å². The first kappa shape index (κ1) is 32.3. The normalized spacial score (nSPS) is 24.8. The molecule has 2 saturated carbocycles. The molecule has 0 radical (unpaired) electrons. The highest BCUT2D eigenvalue weighted by Crippen LogP contribution is 2.54. The van der Waals surface area contributed by atoms with Crippen LogP contribution in [0.15, 0.2) is 85.1 Å². The predicted octanol–water partition coefficient (Wildman–Crippen LogP) is 9.00. The fourth-order valence-electron chi connectivity index (χ4n) is 8.91. The number of ketones is 1. The smallest absolute Gasteiger partial charge is 0.411 e. The molecule has 2 saturated heterocycles. The summed E-state index contributed by atoms with van der Waals surface area (Å²) in [6.45, 7) is 6.00. The van der Waals surface area contributed by atoms with E-state index in [2.05, 4.69) is 44.1 Å². The number of ether oxygens (including phenoxy) is 1. The van der Waals surface area contributed by atoms with Crippen LogP contribution in [0, 0.1) is 17.7 Å². The lowest BCUT2D eigenvalue weighted by molar-refractivity contribution is 0.0175. The quantitative estimate of drug-likeness (QED) is 0.160. The minimum Gasteiger partial charge on any atom is -0.444 e. The molecule has 0 spiro atoms. The van der Waals surface area contributed by atoms with E-state index in [1.165, 1.54) is 0 Å². The lowest BCUT2D eigenvalue weighted by atomic mass is 9.99. The number of imidazole rings is 2. The maximum Gasteiger partial charge on any atom is 0.411 e. The molecule has 268 valence electrons. The Balaban J connectivity index is 0.885. The van der Waals surface area contributed by atoms with Gasteiger partial charge in [-0.15, -0.1) is 0 Å². The molecule has 0 unspecified atom stereocenters. The topological polar surface area (TPSA) is 107 Å². The summed E-state index contributed by atoms with van der Waals surface area (Å²) in [4.78, 5) is 47.0. The summed E-state index contributed by atoms with van der Waals surface area (Å²) in [5.74, 6) is 2.42. The van der Waals surface area contributed by atoms with Crippen LogP contribution in [-0.2, 0) is 4.74 Å². The number of amides is 1. The molecule has 6 aromatic rings. The lowest BCUT2D eigenvalue weighted by Gasteiger charge is -2.29. The van der Waals surface area contributed by atoms with Crippen molar-refractivity contribution >= 4 is 33.7 Å². The maximum atomic E-state index is 15.8. The van der Waals surface area contributed by atoms with Crippen molar-refractivity contribution in [3.8, 4) is 22.4 Å². The molecule has 2 aliphatic heterocycles. The van der Waals surface area contributed by atoms with Crippen molar-refractivity contribution in [3.63, 3.8) is 0 Å². The molecule has 10 rings (SSSR count). The van der Waals surface area contributed by atoms with Gasteiger partial charge in [-0.2, -0.15) is 0 Å². The van der Waals surface area contributed by atoms with Gasteiger partial charge in [0.15, 0.2) is 5.78 Å². The Hall–Kier alpha value is -5.35. The van der Waals surface area contributed by atoms with Crippen LogP contribution in [0.1, 0.15) is 80.5 Å². The van der Waals surface area contributed by atoms with Gasteiger partial charge in [-0.05, 0) is 99.1 Å². The van der Waals surface area contributed by atoms with Gasteiger partial charge in [0.1, 0.15) is 23.1 Å². The van der Waals surface area contributed by atoms with Gasteiger partial charge in [-0.3, -0.25) is 14.6 Å². The van der Waals surface area contributed by atoms with E-state index in [0.29, 0.717) is 41.5 Å². The van der Waals surface area contributed by atoms with Crippen molar-refractivity contribution in [3.05, 3.63) is 108 Å². The molecule has 2 aliphatic carbocycles. The van der Waals surface area contributed by atoms with Crippen molar-refractivity contribution < 1.29 is 18.7 Å². The molecule has 2 N–H and O–H groups in total. The summed E-state index contributed by atoms with van der Waals surface area (Å²) < 4.78 is 21.5. The van der Waals surface area contributed by atoms with Gasteiger partial charge >= 0.3 is 6.09 Å². The van der Waals surface area contributed by atoms with E-state index in [9.17, 15) is 9.59 Å². The number of fused-ring (bicyclic) bond motifs is 5. The number of carbonyl (C=O) groups excluding carboxylic acids is 2. The number of benzene rings is 4. The largest absolute Gasteiger partial charge is 0.444 e. The third kappa shape index (κ3) is 5.71. The average Bonchev–Trinajstić information content (AvgIpc) is 3.78. The van der Waals surface area contributed by atoms with E-state index in [-0.39, 0.29) is 35.8 Å². The number of halogens is 1. The van der Waals surface area contributed by atoms with Gasteiger partial charge in [0.25, 0.3) is 0 Å². The Morgan fingerprint density at radius 3 is 2.42 bits per heavy atom. The van der Waals surface area contributed by atoms with Gasteiger partial charge in [-0.25, -0.2) is 19.2 Å². The minimum atomic E-state index is -0.585. The fraction of sp³-hybridized carbons (Fsp3) is 0.349. The second kappa shape index (κ2) is 11.8. The maximum absolute atomic E-state index is 15.8. The molecular formula is C43H41FN6O3. The molecule has 10 heteroatoms. The number of carbonyl (C=O) groups is 2. The molecule has 4 heterocycles. The Kier molecular flexibility index (Phi) is 7.21. The summed E-state index contributed by atoms with van der Waals surface area (Å²) in [5.41, 5.74) is 4.71. The van der Waals surface area contributed by atoms with E-state index >= 15 is 4.39 Å². The molecule has 0 bridgehead atoms. The highest BCUT2D eigenvalue weighted by Gasteiger charge is 2.56. The number of nitrogens with zero attached hydrogens (tertiary/aromatic N) is 4.